The molecule has 1 amide bonds. The molecule has 0 radical (unpaired) electrons. The van der Waals surface area contributed by atoms with Crippen molar-refractivity contribution in [2.24, 2.45) is 0 Å². The third kappa shape index (κ3) is 4.90. The van der Waals surface area contributed by atoms with Crippen molar-refractivity contribution in [1.82, 2.24) is 14.9 Å². The van der Waals surface area contributed by atoms with Gasteiger partial charge in [0.15, 0.2) is 11.3 Å². The molecule has 1 aliphatic rings. The zero-order valence-electron chi connectivity index (χ0n) is 22.5. The van der Waals surface area contributed by atoms with Gasteiger partial charge in [-0.15, -0.1) is 0 Å². The maximum absolute atomic E-state index is 14.5. The van der Waals surface area contributed by atoms with Crippen LogP contribution in [0.5, 0.6) is 11.5 Å². The Balaban J connectivity index is 1.84. The van der Waals surface area contributed by atoms with Gasteiger partial charge >= 0.3 is 0 Å². The molecule has 0 fully saturated rings. The number of methoxy groups -OCH3 is 2. The highest BCUT2D eigenvalue weighted by molar-refractivity contribution is 5.93. The third-order valence-corrected chi connectivity index (χ3v) is 6.97. The number of carbonyl (C=O) groups is 1. The topological polar surface area (TPSA) is 83.8 Å². The molecular weight excluding hydrogens is 494 g/mol. The molecule has 0 bridgehead atoms. The number of unbranched alkanes of at least 4 members (excludes halogenated alkanes) is 1. The van der Waals surface area contributed by atoms with Gasteiger partial charge in [-0.2, -0.15) is 0 Å². The van der Waals surface area contributed by atoms with E-state index in [0.29, 0.717) is 41.6 Å². The highest BCUT2D eigenvalue weighted by Gasteiger charge is 2.50. The first-order chi connectivity index (χ1) is 19.1. The zero-order chi connectivity index (χ0) is 27.2. The summed E-state index contributed by atoms with van der Waals surface area (Å²) in [4.78, 5) is 19.6. The molecule has 0 saturated carbocycles. The van der Waals surface area contributed by atoms with E-state index in [1.807, 2.05) is 77.4 Å². The minimum atomic E-state index is -1.35. The molecule has 8 nitrogen and oxygen atoms in total. The van der Waals surface area contributed by atoms with Gasteiger partial charge in [0.05, 0.1) is 30.8 Å². The average Bonchev–Trinajstić information content (AvgIpc) is 3.65. The van der Waals surface area contributed by atoms with E-state index in [1.54, 1.807) is 20.5 Å². The molecule has 1 aliphatic heterocycles. The Morgan fingerprint density at radius 1 is 1.05 bits per heavy atom. The molecule has 0 spiro atoms. The van der Waals surface area contributed by atoms with E-state index in [-0.39, 0.29) is 12.7 Å². The molecule has 1 aromatic heterocycles. The standard InChI is InChI=1S/C31H33N3O5/c1-4-5-17-32-30(35)31(28-20-38-21-39-28,19-22-11-7-6-8-12-22)34-26-14-10-9-13-25(26)33-29(34)24-16-15-23(36-2)18-27(24)37-3/h6-16,18,20H,4-5,17,19,21H2,1-3H3,(H,32,35). The van der Waals surface area contributed by atoms with Crippen molar-refractivity contribution in [3.8, 4) is 22.9 Å². The van der Waals surface area contributed by atoms with Crippen LogP contribution in [0.25, 0.3) is 22.4 Å². The van der Waals surface area contributed by atoms with Crippen LogP contribution >= 0.6 is 0 Å². The van der Waals surface area contributed by atoms with Crippen molar-refractivity contribution in [3.63, 3.8) is 0 Å². The number of nitrogens with one attached hydrogen (secondary N) is 1. The summed E-state index contributed by atoms with van der Waals surface area (Å²) in [5.41, 5.74) is 1.85. The van der Waals surface area contributed by atoms with Gasteiger partial charge in [0, 0.05) is 19.0 Å². The number of imidazole rings is 1. The highest BCUT2D eigenvalue weighted by Crippen LogP contribution is 2.43. The van der Waals surface area contributed by atoms with E-state index < -0.39 is 5.54 Å². The fourth-order valence-corrected chi connectivity index (χ4v) is 5.02. The monoisotopic (exact) mass is 527 g/mol. The lowest BCUT2D eigenvalue weighted by Crippen LogP contribution is -2.52. The lowest BCUT2D eigenvalue weighted by Gasteiger charge is -2.35. The first kappa shape index (κ1) is 26.2. The van der Waals surface area contributed by atoms with E-state index >= 15 is 0 Å². The number of amides is 1. The quantitative estimate of drug-likeness (QED) is 0.262. The second-order valence-corrected chi connectivity index (χ2v) is 9.37. The molecule has 0 aliphatic carbocycles. The van der Waals surface area contributed by atoms with Gasteiger partial charge in [-0.05, 0) is 36.2 Å². The van der Waals surface area contributed by atoms with Gasteiger partial charge in [0.25, 0.3) is 5.91 Å². The van der Waals surface area contributed by atoms with Gasteiger partial charge in [0.2, 0.25) is 6.79 Å². The molecule has 0 saturated heterocycles. The van der Waals surface area contributed by atoms with Gasteiger partial charge < -0.3 is 28.8 Å². The maximum atomic E-state index is 14.5. The molecule has 1 unspecified atom stereocenters. The summed E-state index contributed by atoms with van der Waals surface area (Å²) >= 11 is 0. The van der Waals surface area contributed by atoms with Crippen molar-refractivity contribution in [2.75, 3.05) is 27.6 Å². The molecule has 1 N–H and O–H groups in total. The van der Waals surface area contributed by atoms with Crippen LogP contribution in [0.3, 0.4) is 0 Å². The number of rotatable bonds is 11. The molecule has 2 heterocycles. The predicted molar refractivity (Wildman–Crippen MR) is 149 cm³/mol. The minimum absolute atomic E-state index is 0.0297. The molecule has 3 aromatic carbocycles. The predicted octanol–water partition coefficient (Wildman–Crippen LogP) is 5.42. The van der Waals surface area contributed by atoms with Crippen LogP contribution in [0.15, 0.2) is 84.8 Å². The third-order valence-electron chi connectivity index (χ3n) is 6.97. The molecule has 5 rings (SSSR count). The molecule has 1 atom stereocenters. The molecule has 8 heteroatoms. The van der Waals surface area contributed by atoms with E-state index in [4.69, 9.17) is 23.9 Å². The summed E-state index contributed by atoms with van der Waals surface area (Å²) in [6.45, 7) is 2.66. The minimum Gasteiger partial charge on any atom is -0.497 e. The SMILES string of the molecule is CCCCNC(=O)C(Cc1ccccc1)(C1=COCO1)n1c(-c2ccc(OC)cc2OC)nc2ccccc21. The van der Waals surface area contributed by atoms with E-state index in [0.717, 1.165) is 29.4 Å². The van der Waals surface area contributed by atoms with Crippen molar-refractivity contribution in [3.05, 3.63) is 90.4 Å². The number of aromatic nitrogens is 2. The van der Waals surface area contributed by atoms with Crippen LogP contribution in [-0.4, -0.2) is 43.0 Å². The van der Waals surface area contributed by atoms with Crippen molar-refractivity contribution in [2.45, 2.75) is 31.7 Å². The summed E-state index contributed by atoms with van der Waals surface area (Å²) in [7, 11) is 3.22. The number of fused-ring (bicyclic) bond motifs is 1. The zero-order valence-corrected chi connectivity index (χ0v) is 22.5. The summed E-state index contributed by atoms with van der Waals surface area (Å²) in [5.74, 6) is 2.00. The number of nitrogens with zero attached hydrogens (tertiary/aromatic N) is 2. The van der Waals surface area contributed by atoms with Crippen LogP contribution in [0.4, 0.5) is 0 Å². The van der Waals surface area contributed by atoms with Crippen molar-refractivity contribution in [1.29, 1.82) is 0 Å². The summed E-state index contributed by atoms with van der Waals surface area (Å²) < 4.78 is 24.8. The fourth-order valence-electron chi connectivity index (χ4n) is 5.02. The number of ether oxygens (including phenoxy) is 4. The maximum Gasteiger partial charge on any atom is 0.254 e. The Morgan fingerprint density at radius 2 is 1.85 bits per heavy atom. The Kier molecular flexibility index (Phi) is 7.72. The summed E-state index contributed by atoms with van der Waals surface area (Å²) in [5, 5.41) is 3.18. The van der Waals surface area contributed by atoms with Gasteiger partial charge in [0.1, 0.15) is 23.6 Å². The lowest BCUT2D eigenvalue weighted by molar-refractivity contribution is -0.129. The van der Waals surface area contributed by atoms with E-state index in [1.165, 1.54) is 0 Å². The molecular formula is C31H33N3O5. The van der Waals surface area contributed by atoms with Crippen LogP contribution in [0.1, 0.15) is 25.3 Å². The van der Waals surface area contributed by atoms with Crippen LogP contribution in [0, 0.1) is 0 Å². The van der Waals surface area contributed by atoms with Crippen LogP contribution in [-0.2, 0) is 26.2 Å². The van der Waals surface area contributed by atoms with Crippen LogP contribution in [0.2, 0.25) is 0 Å². The number of hydrogen-bond acceptors (Lipinski definition) is 6. The number of hydrogen-bond donors (Lipinski definition) is 1. The largest absolute Gasteiger partial charge is 0.497 e. The average molecular weight is 528 g/mol. The smallest absolute Gasteiger partial charge is 0.254 e. The Morgan fingerprint density at radius 3 is 2.56 bits per heavy atom. The number of carbonyl (C=O) groups excluding carboxylic acids is 1. The first-order valence-electron chi connectivity index (χ1n) is 13.1. The first-order valence-corrected chi connectivity index (χ1v) is 13.1. The number of benzene rings is 3. The second-order valence-electron chi connectivity index (χ2n) is 9.37. The molecule has 4 aromatic rings. The lowest BCUT2D eigenvalue weighted by atomic mass is 9.86. The molecule has 39 heavy (non-hydrogen) atoms. The summed E-state index contributed by atoms with van der Waals surface area (Å²) in [6.07, 6.45) is 3.67. The van der Waals surface area contributed by atoms with Crippen molar-refractivity contribution >= 4 is 16.9 Å². The van der Waals surface area contributed by atoms with E-state index in [2.05, 4.69) is 12.2 Å². The number of para-hydroxylation sites is 2. The normalized spacial score (nSPS) is 14.2. The highest BCUT2D eigenvalue weighted by atomic mass is 16.7. The van der Waals surface area contributed by atoms with Crippen LogP contribution < -0.4 is 14.8 Å². The fraction of sp³-hybridized carbons (Fsp3) is 0.290. The van der Waals surface area contributed by atoms with Gasteiger partial charge in [-0.25, -0.2) is 4.98 Å². The Hall–Kier alpha value is -4.46. The Bertz CT molecular complexity index is 1480. The van der Waals surface area contributed by atoms with Gasteiger partial charge in [-0.3, -0.25) is 4.79 Å². The summed E-state index contributed by atoms with van der Waals surface area (Å²) in [6, 6.07) is 23.3. The van der Waals surface area contributed by atoms with Crippen molar-refractivity contribution < 1.29 is 23.7 Å². The second kappa shape index (κ2) is 11.5. The Labute approximate surface area is 228 Å². The van der Waals surface area contributed by atoms with Gasteiger partial charge in [-0.1, -0.05) is 55.8 Å². The molecule has 202 valence electrons. The van der Waals surface area contributed by atoms with E-state index in [9.17, 15) is 4.79 Å².